The Hall–Kier alpha value is -1.30. The van der Waals surface area contributed by atoms with E-state index in [9.17, 15) is 9.59 Å². The Balaban J connectivity index is 2.19. The summed E-state index contributed by atoms with van der Waals surface area (Å²) in [5.74, 6) is 0.166. The molecule has 0 aliphatic carbocycles. The average molecular weight is 327 g/mol. The van der Waals surface area contributed by atoms with Gasteiger partial charge in [0.05, 0.1) is 5.92 Å². The van der Waals surface area contributed by atoms with Crippen LogP contribution in [0.5, 0.6) is 0 Å². The molecule has 1 heterocycles. The second kappa shape index (κ2) is 9.75. The summed E-state index contributed by atoms with van der Waals surface area (Å²) >= 11 is 0. The number of unbranched alkanes of at least 4 members (excludes halogenated alkanes) is 1. The van der Waals surface area contributed by atoms with E-state index in [1.54, 1.807) is 0 Å². The first-order valence-electron chi connectivity index (χ1n) is 8.78. The summed E-state index contributed by atoms with van der Waals surface area (Å²) in [6, 6.07) is 0. The van der Waals surface area contributed by atoms with Crippen molar-refractivity contribution in [3.8, 4) is 0 Å². The molecule has 1 saturated heterocycles. The van der Waals surface area contributed by atoms with Crippen LogP contribution in [0.3, 0.4) is 0 Å². The van der Waals surface area contributed by atoms with Crippen molar-refractivity contribution in [2.75, 3.05) is 32.7 Å². The maximum Gasteiger partial charge on any atom is 0.407 e. The monoisotopic (exact) mass is 327 g/mol. The molecule has 1 aliphatic heterocycles. The molecule has 1 unspecified atom stereocenters. The molecule has 0 radical (unpaired) electrons. The number of carbonyl (C=O) groups is 2. The van der Waals surface area contributed by atoms with Crippen molar-refractivity contribution in [3.05, 3.63) is 0 Å². The molecule has 6 nitrogen and oxygen atoms in total. The molecule has 0 saturated carbocycles. The first kappa shape index (κ1) is 19.7. The highest BCUT2D eigenvalue weighted by Crippen LogP contribution is 2.17. The van der Waals surface area contributed by atoms with E-state index < -0.39 is 11.7 Å². The van der Waals surface area contributed by atoms with Crippen molar-refractivity contribution >= 4 is 12.0 Å². The predicted octanol–water partition coefficient (Wildman–Crippen LogP) is 2.14. The molecular weight excluding hydrogens is 294 g/mol. The zero-order valence-electron chi connectivity index (χ0n) is 15.1. The first-order valence-corrected chi connectivity index (χ1v) is 8.78. The number of alkyl carbamates (subject to hydrolysis) is 1. The SMILES string of the molecule is CCCCN1CCCC(C(=O)NCCNC(=O)OC(C)(C)C)C1. The summed E-state index contributed by atoms with van der Waals surface area (Å²) in [4.78, 5) is 26.1. The van der Waals surface area contributed by atoms with E-state index >= 15 is 0 Å². The number of ether oxygens (including phenoxy) is 1. The Morgan fingerprint density at radius 3 is 2.57 bits per heavy atom. The van der Waals surface area contributed by atoms with Crippen LogP contribution in [0.25, 0.3) is 0 Å². The lowest BCUT2D eigenvalue weighted by molar-refractivity contribution is -0.126. The van der Waals surface area contributed by atoms with Crippen molar-refractivity contribution in [2.24, 2.45) is 5.92 Å². The molecule has 6 heteroatoms. The minimum absolute atomic E-state index is 0.0714. The Labute approximate surface area is 140 Å². The number of nitrogens with zero attached hydrogens (tertiary/aromatic N) is 1. The summed E-state index contributed by atoms with van der Waals surface area (Å²) in [7, 11) is 0. The smallest absolute Gasteiger partial charge is 0.407 e. The lowest BCUT2D eigenvalue weighted by Crippen LogP contribution is -2.45. The highest BCUT2D eigenvalue weighted by atomic mass is 16.6. The fourth-order valence-corrected chi connectivity index (χ4v) is 2.66. The Morgan fingerprint density at radius 1 is 1.22 bits per heavy atom. The topological polar surface area (TPSA) is 70.7 Å². The average Bonchev–Trinajstić information content (AvgIpc) is 2.48. The van der Waals surface area contributed by atoms with Gasteiger partial charge in [0, 0.05) is 19.6 Å². The molecule has 0 aromatic carbocycles. The third-order valence-corrected chi connectivity index (χ3v) is 3.80. The van der Waals surface area contributed by atoms with Crippen LogP contribution in [0.15, 0.2) is 0 Å². The van der Waals surface area contributed by atoms with Crippen LogP contribution in [0.2, 0.25) is 0 Å². The van der Waals surface area contributed by atoms with Crippen LogP contribution in [-0.2, 0) is 9.53 Å². The fraction of sp³-hybridized carbons (Fsp3) is 0.882. The molecule has 2 N–H and O–H groups in total. The summed E-state index contributed by atoms with van der Waals surface area (Å²) in [5, 5.41) is 5.56. The van der Waals surface area contributed by atoms with E-state index in [1.807, 2.05) is 20.8 Å². The third kappa shape index (κ3) is 8.79. The van der Waals surface area contributed by atoms with Crippen molar-refractivity contribution in [2.45, 2.75) is 59.0 Å². The Bertz CT molecular complexity index is 380. The summed E-state index contributed by atoms with van der Waals surface area (Å²) < 4.78 is 5.14. The van der Waals surface area contributed by atoms with Gasteiger partial charge in [-0.05, 0) is 53.1 Å². The van der Waals surface area contributed by atoms with Crippen LogP contribution in [0.1, 0.15) is 53.4 Å². The fourth-order valence-electron chi connectivity index (χ4n) is 2.66. The number of hydrogen-bond acceptors (Lipinski definition) is 4. The van der Waals surface area contributed by atoms with Gasteiger partial charge in [-0.3, -0.25) is 4.79 Å². The van der Waals surface area contributed by atoms with E-state index in [0.29, 0.717) is 13.1 Å². The molecule has 1 rings (SSSR count). The van der Waals surface area contributed by atoms with Gasteiger partial charge in [-0.15, -0.1) is 0 Å². The van der Waals surface area contributed by atoms with Gasteiger partial charge in [0.1, 0.15) is 5.60 Å². The van der Waals surface area contributed by atoms with Crippen LogP contribution in [0.4, 0.5) is 4.79 Å². The number of amides is 2. The van der Waals surface area contributed by atoms with Gasteiger partial charge in [0.15, 0.2) is 0 Å². The van der Waals surface area contributed by atoms with Crippen molar-refractivity contribution in [1.82, 2.24) is 15.5 Å². The van der Waals surface area contributed by atoms with E-state index in [0.717, 1.165) is 32.5 Å². The highest BCUT2D eigenvalue weighted by Gasteiger charge is 2.25. The number of hydrogen-bond donors (Lipinski definition) is 2. The number of rotatable bonds is 7. The molecular formula is C17H33N3O3. The zero-order chi connectivity index (χ0) is 17.3. The van der Waals surface area contributed by atoms with Gasteiger partial charge in [-0.1, -0.05) is 13.3 Å². The maximum atomic E-state index is 12.2. The lowest BCUT2D eigenvalue weighted by atomic mass is 9.97. The van der Waals surface area contributed by atoms with Crippen LogP contribution < -0.4 is 10.6 Å². The van der Waals surface area contributed by atoms with Crippen molar-refractivity contribution in [3.63, 3.8) is 0 Å². The van der Waals surface area contributed by atoms with Crippen molar-refractivity contribution in [1.29, 1.82) is 0 Å². The number of likely N-dealkylation sites (tertiary alicyclic amines) is 1. The van der Waals surface area contributed by atoms with Gasteiger partial charge in [0.2, 0.25) is 5.91 Å². The van der Waals surface area contributed by atoms with Gasteiger partial charge in [0.25, 0.3) is 0 Å². The minimum Gasteiger partial charge on any atom is -0.444 e. The van der Waals surface area contributed by atoms with Gasteiger partial charge in [-0.25, -0.2) is 4.79 Å². The molecule has 1 atom stereocenters. The normalized spacial score (nSPS) is 19.2. The largest absolute Gasteiger partial charge is 0.444 e. The molecule has 23 heavy (non-hydrogen) atoms. The van der Waals surface area contributed by atoms with Crippen LogP contribution >= 0.6 is 0 Å². The minimum atomic E-state index is -0.503. The molecule has 0 spiro atoms. The predicted molar refractivity (Wildman–Crippen MR) is 91.3 cm³/mol. The second-order valence-electron chi connectivity index (χ2n) is 7.21. The summed E-state index contributed by atoms with van der Waals surface area (Å²) in [6.07, 6.45) is 3.96. The standard InChI is InChI=1S/C17H33N3O3/c1-5-6-11-20-12-7-8-14(13-20)15(21)18-9-10-19-16(22)23-17(2,3)4/h14H,5-13H2,1-4H3,(H,18,21)(H,19,22). The van der Waals surface area contributed by atoms with E-state index in [1.165, 1.54) is 12.8 Å². The van der Waals surface area contributed by atoms with Crippen molar-refractivity contribution < 1.29 is 14.3 Å². The highest BCUT2D eigenvalue weighted by molar-refractivity contribution is 5.79. The summed E-state index contributed by atoms with van der Waals surface area (Å²) in [5.41, 5.74) is -0.503. The molecule has 0 aromatic rings. The van der Waals surface area contributed by atoms with Gasteiger partial charge >= 0.3 is 6.09 Å². The van der Waals surface area contributed by atoms with E-state index in [-0.39, 0.29) is 11.8 Å². The van der Waals surface area contributed by atoms with Crippen LogP contribution in [0, 0.1) is 5.92 Å². The number of piperidine rings is 1. The second-order valence-corrected chi connectivity index (χ2v) is 7.21. The number of carbonyl (C=O) groups excluding carboxylic acids is 2. The lowest BCUT2D eigenvalue weighted by Gasteiger charge is -2.31. The molecule has 2 amide bonds. The van der Waals surface area contributed by atoms with E-state index in [4.69, 9.17) is 4.74 Å². The van der Waals surface area contributed by atoms with Crippen LogP contribution in [-0.4, -0.2) is 55.2 Å². The molecule has 0 aromatic heterocycles. The molecule has 1 aliphatic rings. The third-order valence-electron chi connectivity index (χ3n) is 3.80. The summed E-state index contributed by atoms with van der Waals surface area (Å²) in [6.45, 7) is 11.5. The first-order chi connectivity index (χ1) is 10.8. The molecule has 1 fully saturated rings. The Morgan fingerprint density at radius 2 is 1.91 bits per heavy atom. The van der Waals surface area contributed by atoms with Gasteiger partial charge < -0.3 is 20.3 Å². The Kier molecular flexibility index (Phi) is 8.37. The van der Waals surface area contributed by atoms with Gasteiger partial charge in [-0.2, -0.15) is 0 Å². The molecule has 0 bridgehead atoms. The molecule has 134 valence electrons. The quantitative estimate of drug-likeness (QED) is 0.703. The maximum absolute atomic E-state index is 12.2. The van der Waals surface area contributed by atoms with E-state index in [2.05, 4.69) is 22.5 Å². The number of nitrogens with one attached hydrogen (secondary N) is 2. The zero-order valence-corrected chi connectivity index (χ0v) is 15.1.